The maximum absolute atomic E-state index is 12.3. The van der Waals surface area contributed by atoms with E-state index in [-0.39, 0.29) is 20.6 Å². The van der Waals surface area contributed by atoms with E-state index < -0.39 is 11.9 Å². The average Bonchev–Trinajstić information content (AvgIpc) is 2.75. The van der Waals surface area contributed by atoms with Crippen molar-refractivity contribution in [3.63, 3.8) is 0 Å². The van der Waals surface area contributed by atoms with Crippen molar-refractivity contribution in [2.24, 2.45) is 0 Å². The van der Waals surface area contributed by atoms with Crippen LogP contribution in [0, 0.1) is 0 Å². The number of anilines is 1. The summed E-state index contributed by atoms with van der Waals surface area (Å²) in [7, 11) is 0. The number of carbonyl (C=O) groups is 2. The number of ether oxygens (including phenoxy) is 1. The van der Waals surface area contributed by atoms with Gasteiger partial charge >= 0.3 is 6.03 Å². The second kappa shape index (κ2) is 9.44. The number of hydrogen-bond donors (Lipinski definition) is 2. The molecular weight excluding hydrogens is 473 g/mol. The Hall–Kier alpha value is -3.32. The largest absolute Gasteiger partial charge is 0.455 e. The van der Waals surface area contributed by atoms with Crippen molar-refractivity contribution in [1.82, 2.24) is 10.3 Å². The van der Waals surface area contributed by atoms with Gasteiger partial charge in [0.05, 0.1) is 20.6 Å². The lowest BCUT2D eigenvalue weighted by Crippen LogP contribution is -2.34. The van der Waals surface area contributed by atoms with Gasteiger partial charge in [-0.25, -0.2) is 4.79 Å². The van der Waals surface area contributed by atoms with Crippen LogP contribution in [0.25, 0.3) is 10.8 Å². The third kappa shape index (κ3) is 4.78. The topological polar surface area (TPSA) is 80.3 Å². The smallest absolute Gasteiger partial charge is 0.326 e. The van der Waals surface area contributed by atoms with E-state index in [2.05, 4.69) is 15.6 Å². The van der Waals surface area contributed by atoms with Crippen LogP contribution in [-0.2, 0) is 0 Å². The minimum atomic E-state index is -0.780. The van der Waals surface area contributed by atoms with Gasteiger partial charge < -0.3 is 10.1 Å². The average molecular weight is 487 g/mol. The summed E-state index contributed by atoms with van der Waals surface area (Å²) in [5, 5.41) is 7.01. The molecule has 160 valence electrons. The number of urea groups is 1. The van der Waals surface area contributed by atoms with Gasteiger partial charge in [-0.05, 0) is 29.7 Å². The molecule has 0 bridgehead atoms. The zero-order valence-corrected chi connectivity index (χ0v) is 18.5. The Bertz CT molecular complexity index is 1320. The Morgan fingerprint density at radius 1 is 0.812 bits per heavy atom. The molecule has 0 aliphatic heterocycles. The minimum Gasteiger partial charge on any atom is -0.455 e. The number of nitrogens with zero attached hydrogens (tertiary/aromatic N) is 1. The zero-order chi connectivity index (χ0) is 22.7. The van der Waals surface area contributed by atoms with Crippen LogP contribution in [0.15, 0.2) is 73.1 Å². The van der Waals surface area contributed by atoms with E-state index in [9.17, 15) is 9.59 Å². The number of imide groups is 1. The number of fused-ring (bicyclic) bond motifs is 1. The maximum Gasteiger partial charge on any atom is 0.326 e. The molecule has 0 aliphatic carbocycles. The lowest BCUT2D eigenvalue weighted by Gasteiger charge is -2.12. The Morgan fingerprint density at radius 2 is 1.53 bits per heavy atom. The van der Waals surface area contributed by atoms with E-state index in [1.165, 1.54) is 18.5 Å². The van der Waals surface area contributed by atoms with E-state index >= 15 is 0 Å². The summed E-state index contributed by atoms with van der Waals surface area (Å²) < 4.78 is 5.98. The molecule has 6 nitrogen and oxygen atoms in total. The highest BCUT2D eigenvalue weighted by molar-refractivity contribution is 6.40. The number of aromatic nitrogens is 1. The lowest BCUT2D eigenvalue weighted by molar-refractivity contribution is 0.0967. The van der Waals surface area contributed by atoms with Gasteiger partial charge in [-0.15, -0.1) is 0 Å². The number of carbonyl (C=O) groups excluding carboxylic acids is 2. The minimum absolute atomic E-state index is 0.0285. The van der Waals surface area contributed by atoms with Crippen molar-refractivity contribution >= 4 is 63.2 Å². The molecule has 3 aromatic carbocycles. The van der Waals surface area contributed by atoms with E-state index in [1.54, 1.807) is 12.1 Å². The molecule has 1 heterocycles. The number of pyridine rings is 1. The second-order valence-corrected chi connectivity index (χ2v) is 7.83. The molecule has 0 atom stereocenters. The third-order valence-electron chi connectivity index (χ3n) is 4.47. The van der Waals surface area contributed by atoms with Gasteiger partial charge in [0.2, 0.25) is 0 Å². The summed E-state index contributed by atoms with van der Waals surface area (Å²) >= 11 is 18.2. The van der Waals surface area contributed by atoms with Crippen LogP contribution in [-0.4, -0.2) is 16.9 Å². The highest BCUT2D eigenvalue weighted by Gasteiger charge is 2.18. The number of benzene rings is 3. The maximum atomic E-state index is 12.3. The highest BCUT2D eigenvalue weighted by atomic mass is 35.5. The van der Waals surface area contributed by atoms with Crippen LogP contribution in [0.5, 0.6) is 11.5 Å². The normalized spacial score (nSPS) is 10.6. The Labute approximate surface area is 198 Å². The quantitative estimate of drug-likeness (QED) is 0.327. The molecule has 3 amide bonds. The molecule has 4 rings (SSSR count). The summed E-state index contributed by atoms with van der Waals surface area (Å²) in [6.07, 6.45) is 2.52. The van der Waals surface area contributed by atoms with Gasteiger partial charge in [0, 0.05) is 23.5 Å². The Balaban J connectivity index is 1.46. The number of nitrogens with one attached hydrogen (secondary N) is 2. The van der Waals surface area contributed by atoms with Crippen LogP contribution in [0.3, 0.4) is 0 Å². The first-order valence-corrected chi connectivity index (χ1v) is 10.4. The first-order chi connectivity index (χ1) is 15.4. The number of hydrogen-bond acceptors (Lipinski definition) is 4. The van der Waals surface area contributed by atoms with Crippen LogP contribution in [0.4, 0.5) is 10.5 Å². The predicted octanol–water partition coefficient (Wildman–Crippen LogP) is 6.95. The Kier molecular flexibility index (Phi) is 6.46. The molecule has 1 aromatic heterocycles. The molecule has 2 N–H and O–H groups in total. The predicted molar refractivity (Wildman–Crippen MR) is 126 cm³/mol. The molecule has 0 fully saturated rings. The molecular formula is C23H14Cl3N3O3. The highest BCUT2D eigenvalue weighted by Crippen LogP contribution is 2.35. The van der Waals surface area contributed by atoms with Crippen LogP contribution >= 0.6 is 34.8 Å². The summed E-state index contributed by atoms with van der Waals surface area (Å²) in [5.41, 5.74) is 0.313. The van der Waals surface area contributed by atoms with E-state index in [0.29, 0.717) is 17.2 Å². The van der Waals surface area contributed by atoms with Crippen LogP contribution in [0.1, 0.15) is 10.4 Å². The van der Waals surface area contributed by atoms with Gasteiger partial charge in [0.15, 0.2) is 0 Å². The summed E-state index contributed by atoms with van der Waals surface area (Å²) in [6.45, 7) is 0. The van der Waals surface area contributed by atoms with Crippen LogP contribution < -0.4 is 15.4 Å². The molecule has 0 unspecified atom stereocenters. The third-order valence-corrected chi connectivity index (χ3v) is 5.34. The molecule has 4 aromatic rings. The molecule has 0 radical (unpaired) electrons. The second-order valence-electron chi connectivity index (χ2n) is 6.61. The fourth-order valence-electron chi connectivity index (χ4n) is 3.02. The lowest BCUT2D eigenvalue weighted by atomic mass is 10.1. The van der Waals surface area contributed by atoms with Gasteiger partial charge in [-0.1, -0.05) is 71.2 Å². The summed E-state index contributed by atoms with van der Waals surface area (Å²) in [5.74, 6) is 0.308. The monoisotopic (exact) mass is 485 g/mol. The number of rotatable bonds is 4. The van der Waals surface area contributed by atoms with Gasteiger partial charge in [-0.2, -0.15) is 0 Å². The van der Waals surface area contributed by atoms with Gasteiger partial charge in [-0.3, -0.25) is 15.1 Å². The molecule has 0 spiro atoms. The summed E-state index contributed by atoms with van der Waals surface area (Å²) in [6, 6.07) is 17.5. The number of amides is 3. The van der Waals surface area contributed by atoms with Gasteiger partial charge in [0.25, 0.3) is 5.91 Å². The van der Waals surface area contributed by atoms with E-state index in [0.717, 1.165) is 10.8 Å². The van der Waals surface area contributed by atoms with Gasteiger partial charge in [0.1, 0.15) is 11.5 Å². The van der Waals surface area contributed by atoms with Crippen molar-refractivity contribution < 1.29 is 14.3 Å². The van der Waals surface area contributed by atoms with Crippen molar-refractivity contribution in [3.05, 3.63) is 93.7 Å². The van der Waals surface area contributed by atoms with E-state index in [1.807, 2.05) is 42.5 Å². The first kappa shape index (κ1) is 21.9. The standard InChI is InChI=1S/C23H14Cl3N3O3/c24-16-10-14(28-23(31)29-22(30)21-17(25)11-27-12-18(21)26)8-9-20(16)32-19-7-3-5-13-4-1-2-6-15(13)19/h1-12H,(H2,28,29,30,31). The molecule has 0 saturated heterocycles. The summed E-state index contributed by atoms with van der Waals surface area (Å²) in [4.78, 5) is 28.3. The van der Waals surface area contributed by atoms with Crippen molar-refractivity contribution in [3.8, 4) is 11.5 Å². The molecule has 0 aliphatic rings. The molecule has 0 saturated carbocycles. The van der Waals surface area contributed by atoms with Crippen molar-refractivity contribution in [2.45, 2.75) is 0 Å². The molecule has 9 heteroatoms. The zero-order valence-electron chi connectivity index (χ0n) is 16.2. The van der Waals surface area contributed by atoms with Crippen molar-refractivity contribution in [2.75, 3.05) is 5.32 Å². The SMILES string of the molecule is O=C(NC(=O)c1c(Cl)cncc1Cl)Nc1ccc(Oc2cccc3ccccc23)c(Cl)c1. The van der Waals surface area contributed by atoms with Crippen molar-refractivity contribution in [1.29, 1.82) is 0 Å². The Morgan fingerprint density at radius 3 is 2.28 bits per heavy atom. The fraction of sp³-hybridized carbons (Fsp3) is 0. The van der Waals surface area contributed by atoms with E-state index in [4.69, 9.17) is 39.5 Å². The fourth-order valence-corrected chi connectivity index (χ4v) is 3.78. The number of halogens is 3. The van der Waals surface area contributed by atoms with Crippen LogP contribution in [0.2, 0.25) is 15.1 Å². The molecule has 32 heavy (non-hydrogen) atoms. The first-order valence-electron chi connectivity index (χ1n) is 9.29.